The normalized spacial score (nSPS) is 12.2. The standard InChI is InChI=1S/C9H18O3/c1-4-6-7-11-9(10)12-8(3)5-2/h8H,4-7H2,1-3H3/t8-/m1/s1. The van der Waals surface area contributed by atoms with Crippen molar-refractivity contribution in [3.05, 3.63) is 0 Å². The van der Waals surface area contributed by atoms with E-state index in [0.29, 0.717) is 6.61 Å². The predicted molar refractivity (Wildman–Crippen MR) is 47.1 cm³/mol. The maximum absolute atomic E-state index is 10.8. The molecule has 1 atom stereocenters. The van der Waals surface area contributed by atoms with Gasteiger partial charge in [0, 0.05) is 0 Å². The second-order valence-electron chi connectivity index (χ2n) is 2.79. The predicted octanol–water partition coefficient (Wildman–Crippen LogP) is 2.74. The first-order valence-electron chi connectivity index (χ1n) is 4.54. The number of carbonyl (C=O) groups is 1. The van der Waals surface area contributed by atoms with Gasteiger partial charge in [-0.2, -0.15) is 0 Å². The molecule has 72 valence electrons. The van der Waals surface area contributed by atoms with Crippen LogP contribution in [0.4, 0.5) is 4.79 Å². The number of rotatable bonds is 5. The number of unbranched alkanes of at least 4 members (excludes halogenated alkanes) is 1. The van der Waals surface area contributed by atoms with Crippen molar-refractivity contribution in [2.75, 3.05) is 6.61 Å². The molecule has 0 bridgehead atoms. The number of ether oxygens (including phenoxy) is 2. The van der Waals surface area contributed by atoms with Crippen molar-refractivity contribution in [3.8, 4) is 0 Å². The van der Waals surface area contributed by atoms with Crippen LogP contribution in [0.2, 0.25) is 0 Å². The van der Waals surface area contributed by atoms with Gasteiger partial charge in [0.05, 0.1) is 6.61 Å². The van der Waals surface area contributed by atoms with Crippen molar-refractivity contribution in [1.82, 2.24) is 0 Å². The molecule has 0 saturated heterocycles. The van der Waals surface area contributed by atoms with Crippen LogP contribution in [0.1, 0.15) is 40.0 Å². The van der Waals surface area contributed by atoms with Crippen molar-refractivity contribution < 1.29 is 14.3 Å². The Hall–Kier alpha value is -0.730. The van der Waals surface area contributed by atoms with Gasteiger partial charge >= 0.3 is 6.16 Å². The van der Waals surface area contributed by atoms with Gasteiger partial charge in [-0.3, -0.25) is 0 Å². The van der Waals surface area contributed by atoms with E-state index < -0.39 is 6.16 Å². The molecule has 0 unspecified atom stereocenters. The average Bonchev–Trinajstić information content (AvgIpc) is 2.05. The van der Waals surface area contributed by atoms with Crippen LogP contribution in [-0.4, -0.2) is 18.9 Å². The summed E-state index contributed by atoms with van der Waals surface area (Å²) in [5.41, 5.74) is 0. The summed E-state index contributed by atoms with van der Waals surface area (Å²) in [5.74, 6) is 0. The van der Waals surface area contributed by atoms with Gasteiger partial charge in [0.2, 0.25) is 0 Å². The summed E-state index contributed by atoms with van der Waals surface area (Å²) in [6, 6.07) is 0. The number of hydrogen-bond donors (Lipinski definition) is 0. The molecule has 0 aliphatic carbocycles. The largest absolute Gasteiger partial charge is 0.508 e. The second kappa shape index (κ2) is 6.95. The molecule has 0 aromatic rings. The molecular weight excluding hydrogens is 156 g/mol. The van der Waals surface area contributed by atoms with Crippen LogP contribution in [-0.2, 0) is 9.47 Å². The highest BCUT2D eigenvalue weighted by Gasteiger charge is 2.07. The van der Waals surface area contributed by atoms with Crippen LogP contribution >= 0.6 is 0 Å². The van der Waals surface area contributed by atoms with Crippen molar-refractivity contribution in [2.24, 2.45) is 0 Å². The molecule has 12 heavy (non-hydrogen) atoms. The molecule has 0 heterocycles. The molecule has 0 aromatic heterocycles. The average molecular weight is 174 g/mol. The minimum atomic E-state index is -0.544. The Balaban J connectivity index is 3.33. The Kier molecular flexibility index (Phi) is 6.53. The zero-order valence-corrected chi connectivity index (χ0v) is 8.13. The molecule has 0 saturated carbocycles. The van der Waals surface area contributed by atoms with Crippen LogP contribution in [0, 0.1) is 0 Å². The molecule has 0 N–H and O–H groups in total. The zero-order valence-electron chi connectivity index (χ0n) is 8.13. The van der Waals surface area contributed by atoms with Gasteiger partial charge in [-0.1, -0.05) is 20.3 Å². The minimum Gasteiger partial charge on any atom is -0.434 e. The monoisotopic (exact) mass is 174 g/mol. The van der Waals surface area contributed by atoms with Crippen LogP contribution < -0.4 is 0 Å². The lowest BCUT2D eigenvalue weighted by molar-refractivity contribution is 0.0275. The van der Waals surface area contributed by atoms with Crippen molar-refractivity contribution in [3.63, 3.8) is 0 Å². The fourth-order valence-corrected chi connectivity index (χ4v) is 0.581. The summed E-state index contributed by atoms with van der Waals surface area (Å²) in [6.45, 7) is 6.32. The quantitative estimate of drug-likeness (QED) is 0.475. The maximum Gasteiger partial charge on any atom is 0.508 e. The smallest absolute Gasteiger partial charge is 0.434 e. The minimum absolute atomic E-state index is 0.0425. The molecule has 0 spiro atoms. The molecule has 0 fully saturated rings. The Labute approximate surface area is 74.0 Å². The third-order valence-electron chi connectivity index (χ3n) is 1.59. The molecule has 0 radical (unpaired) electrons. The van der Waals surface area contributed by atoms with Crippen molar-refractivity contribution in [2.45, 2.75) is 46.1 Å². The third-order valence-corrected chi connectivity index (χ3v) is 1.59. The van der Waals surface area contributed by atoms with E-state index in [2.05, 4.69) is 0 Å². The highest BCUT2D eigenvalue weighted by molar-refractivity contribution is 5.59. The Morgan fingerprint density at radius 1 is 1.42 bits per heavy atom. The van der Waals surface area contributed by atoms with Gasteiger partial charge in [0.15, 0.2) is 0 Å². The Bertz CT molecular complexity index is 123. The van der Waals surface area contributed by atoms with E-state index in [1.54, 1.807) is 0 Å². The zero-order chi connectivity index (χ0) is 9.40. The highest BCUT2D eigenvalue weighted by atomic mass is 16.7. The molecule has 0 aliphatic heterocycles. The second-order valence-corrected chi connectivity index (χ2v) is 2.79. The number of carbonyl (C=O) groups excluding carboxylic acids is 1. The van der Waals surface area contributed by atoms with E-state index in [1.165, 1.54) is 0 Å². The molecule has 0 aliphatic rings. The van der Waals surface area contributed by atoms with Crippen LogP contribution in [0.5, 0.6) is 0 Å². The van der Waals surface area contributed by atoms with Gasteiger partial charge in [0.25, 0.3) is 0 Å². The fourth-order valence-electron chi connectivity index (χ4n) is 0.581. The van der Waals surface area contributed by atoms with Gasteiger partial charge in [-0.25, -0.2) is 4.79 Å². The maximum atomic E-state index is 10.8. The van der Waals surface area contributed by atoms with Crippen LogP contribution in [0.25, 0.3) is 0 Å². The SMILES string of the molecule is CCCCOC(=O)O[C@H](C)CC. The van der Waals surface area contributed by atoms with E-state index >= 15 is 0 Å². The van der Waals surface area contributed by atoms with Gasteiger partial charge in [-0.05, 0) is 19.8 Å². The van der Waals surface area contributed by atoms with Crippen LogP contribution in [0.15, 0.2) is 0 Å². The van der Waals surface area contributed by atoms with E-state index in [-0.39, 0.29) is 6.10 Å². The van der Waals surface area contributed by atoms with E-state index in [9.17, 15) is 4.79 Å². The van der Waals surface area contributed by atoms with E-state index in [4.69, 9.17) is 9.47 Å². The van der Waals surface area contributed by atoms with Gasteiger partial charge in [0.1, 0.15) is 6.10 Å². The summed E-state index contributed by atoms with van der Waals surface area (Å²) in [6.07, 6.45) is 2.16. The van der Waals surface area contributed by atoms with Crippen molar-refractivity contribution in [1.29, 1.82) is 0 Å². The van der Waals surface area contributed by atoms with Gasteiger partial charge < -0.3 is 9.47 Å². The summed E-state index contributed by atoms with van der Waals surface area (Å²) >= 11 is 0. The van der Waals surface area contributed by atoms with E-state index in [1.807, 2.05) is 20.8 Å². The summed E-state index contributed by atoms with van der Waals surface area (Å²) in [7, 11) is 0. The lowest BCUT2D eigenvalue weighted by Gasteiger charge is -2.10. The molecule has 3 nitrogen and oxygen atoms in total. The summed E-state index contributed by atoms with van der Waals surface area (Å²) in [5, 5.41) is 0. The molecule has 0 rings (SSSR count). The highest BCUT2D eigenvalue weighted by Crippen LogP contribution is 1.99. The first kappa shape index (κ1) is 11.3. The van der Waals surface area contributed by atoms with Crippen molar-refractivity contribution >= 4 is 6.16 Å². The first-order valence-corrected chi connectivity index (χ1v) is 4.54. The summed E-state index contributed by atoms with van der Waals surface area (Å²) < 4.78 is 9.68. The Morgan fingerprint density at radius 3 is 2.58 bits per heavy atom. The molecular formula is C9H18O3. The fraction of sp³-hybridized carbons (Fsp3) is 0.889. The Morgan fingerprint density at radius 2 is 2.08 bits per heavy atom. The van der Waals surface area contributed by atoms with E-state index in [0.717, 1.165) is 19.3 Å². The lowest BCUT2D eigenvalue weighted by atomic mass is 10.3. The van der Waals surface area contributed by atoms with Crippen LogP contribution in [0.3, 0.4) is 0 Å². The summed E-state index contributed by atoms with van der Waals surface area (Å²) in [4.78, 5) is 10.8. The first-order chi connectivity index (χ1) is 5.70. The molecule has 0 aromatic carbocycles. The third kappa shape index (κ3) is 6.01. The molecule has 0 amide bonds. The topological polar surface area (TPSA) is 35.5 Å². The number of hydrogen-bond acceptors (Lipinski definition) is 3. The van der Waals surface area contributed by atoms with Gasteiger partial charge in [-0.15, -0.1) is 0 Å². The molecule has 3 heteroatoms. The lowest BCUT2D eigenvalue weighted by Crippen LogP contribution is -2.15.